The molecule has 0 aliphatic heterocycles. The molecule has 1 amide bonds. The van der Waals surface area contributed by atoms with Gasteiger partial charge in [-0.15, -0.1) is 0 Å². The third-order valence-corrected chi connectivity index (χ3v) is 3.29. The second kappa shape index (κ2) is 4.84. The summed E-state index contributed by atoms with van der Waals surface area (Å²) in [5, 5.41) is 2.81. The van der Waals surface area contributed by atoms with Crippen LogP contribution in [0.25, 0.3) is 0 Å². The van der Waals surface area contributed by atoms with Crippen molar-refractivity contribution < 1.29 is 9.18 Å². The number of nitrogens with two attached hydrogens (primary N) is 1. The summed E-state index contributed by atoms with van der Waals surface area (Å²) < 4.78 is 12.9. The molecule has 1 aliphatic carbocycles. The zero-order valence-corrected chi connectivity index (χ0v) is 9.71. The van der Waals surface area contributed by atoms with Gasteiger partial charge in [-0.05, 0) is 43.4 Å². The highest BCUT2D eigenvalue weighted by molar-refractivity contribution is 5.86. The molecule has 1 aromatic rings. The van der Waals surface area contributed by atoms with Gasteiger partial charge < -0.3 is 11.1 Å². The van der Waals surface area contributed by atoms with Crippen LogP contribution >= 0.6 is 0 Å². The second-order valence-corrected chi connectivity index (χ2v) is 4.65. The molecule has 1 saturated carbocycles. The van der Waals surface area contributed by atoms with Gasteiger partial charge in [0.05, 0.1) is 5.54 Å². The molecule has 3 nitrogen and oxygen atoms in total. The number of hydrogen-bond donors (Lipinski definition) is 2. The van der Waals surface area contributed by atoms with Gasteiger partial charge in [0.25, 0.3) is 0 Å². The average Bonchev–Trinajstić information content (AvgIpc) is 2.26. The molecule has 1 aromatic carbocycles. The molecule has 0 spiro atoms. The molecule has 0 heterocycles. The van der Waals surface area contributed by atoms with Gasteiger partial charge in [-0.25, -0.2) is 4.39 Å². The Hall–Kier alpha value is -1.42. The average molecular weight is 236 g/mol. The molecule has 1 fully saturated rings. The van der Waals surface area contributed by atoms with E-state index in [0.29, 0.717) is 13.0 Å². The molecule has 0 unspecified atom stereocenters. The number of halogens is 1. The fourth-order valence-corrected chi connectivity index (χ4v) is 1.97. The minimum absolute atomic E-state index is 0.0832. The lowest BCUT2D eigenvalue weighted by molar-refractivity contribution is -0.129. The molecule has 2 rings (SSSR count). The van der Waals surface area contributed by atoms with E-state index in [1.54, 1.807) is 6.07 Å². The lowest BCUT2D eigenvalue weighted by Crippen LogP contribution is -2.58. The lowest BCUT2D eigenvalue weighted by Gasteiger charge is -2.36. The predicted octanol–water partition coefficient (Wildman–Crippen LogP) is 1.37. The standard InChI is InChI=1S/C13H17FN2O/c14-11-4-1-3-10(9-11)5-8-16-12(17)13(15)6-2-7-13/h1,3-4,9H,2,5-8,15H2,(H,16,17). The Morgan fingerprint density at radius 3 is 2.82 bits per heavy atom. The minimum Gasteiger partial charge on any atom is -0.354 e. The summed E-state index contributed by atoms with van der Waals surface area (Å²) in [5.74, 6) is -0.330. The Labute approximate surface area is 100 Å². The molecule has 4 heteroatoms. The number of rotatable bonds is 4. The molecule has 0 bridgehead atoms. The van der Waals surface area contributed by atoms with Crippen molar-refractivity contribution in [3.8, 4) is 0 Å². The van der Waals surface area contributed by atoms with Crippen molar-refractivity contribution in [1.82, 2.24) is 5.32 Å². The first-order valence-electron chi connectivity index (χ1n) is 5.92. The Morgan fingerprint density at radius 2 is 2.24 bits per heavy atom. The van der Waals surface area contributed by atoms with Crippen molar-refractivity contribution in [1.29, 1.82) is 0 Å². The lowest BCUT2D eigenvalue weighted by atomic mass is 9.77. The maximum atomic E-state index is 12.9. The van der Waals surface area contributed by atoms with E-state index in [4.69, 9.17) is 5.73 Å². The van der Waals surface area contributed by atoms with Crippen molar-refractivity contribution in [3.63, 3.8) is 0 Å². The van der Waals surface area contributed by atoms with Crippen LogP contribution in [-0.2, 0) is 11.2 Å². The second-order valence-electron chi connectivity index (χ2n) is 4.65. The van der Waals surface area contributed by atoms with Crippen LogP contribution in [0.1, 0.15) is 24.8 Å². The van der Waals surface area contributed by atoms with Gasteiger partial charge in [-0.1, -0.05) is 12.1 Å². The highest BCUT2D eigenvalue weighted by atomic mass is 19.1. The van der Waals surface area contributed by atoms with Crippen LogP contribution in [0.4, 0.5) is 4.39 Å². The van der Waals surface area contributed by atoms with Gasteiger partial charge in [0.1, 0.15) is 5.82 Å². The van der Waals surface area contributed by atoms with Crippen molar-refractivity contribution in [2.45, 2.75) is 31.2 Å². The van der Waals surface area contributed by atoms with Gasteiger partial charge in [0, 0.05) is 6.54 Å². The van der Waals surface area contributed by atoms with E-state index in [2.05, 4.69) is 5.32 Å². The number of nitrogens with one attached hydrogen (secondary N) is 1. The van der Waals surface area contributed by atoms with E-state index in [9.17, 15) is 9.18 Å². The molecule has 1 aliphatic rings. The Morgan fingerprint density at radius 1 is 1.47 bits per heavy atom. The summed E-state index contributed by atoms with van der Waals surface area (Å²) in [6.07, 6.45) is 3.17. The fraction of sp³-hybridized carbons (Fsp3) is 0.462. The van der Waals surface area contributed by atoms with Crippen molar-refractivity contribution in [3.05, 3.63) is 35.6 Å². The number of carbonyl (C=O) groups is 1. The summed E-state index contributed by atoms with van der Waals surface area (Å²) in [6.45, 7) is 0.501. The van der Waals surface area contributed by atoms with Crippen molar-refractivity contribution >= 4 is 5.91 Å². The first-order chi connectivity index (χ1) is 8.10. The summed E-state index contributed by atoms with van der Waals surface area (Å²) in [4.78, 5) is 11.7. The smallest absolute Gasteiger partial charge is 0.240 e. The predicted molar refractivity (Wildman–Crippen MR) is 63.9 cm³/mol. The molecule has 92 valence electrons. The quantitative estimate of drug-likeness (QED) is 0.829. The number of benzene rings is 1. The largest absolute Gasteiger partial charge is 0.354 e. The summed E-state index contributed by atoms with van der Waals surface area (Å²) in [7, 11) is 0. The topological polar surface area (TPSA) is 55.1 Å². The van der Waals surface area contributed by atoms with Gasteiger partial charge in [0.2, 0.25) is 5.91 Å². The number of hydrogen-bond acceptors (Lipinski definition) is 2. The molecule has 0 aromatic heterocycles. The van der Waals surface area contributed by atoms with E-state index < -0.39 is 5.54 Å². The van der Waals surface area contributed by atoms with Crippen LogP contribution in [0.2, 0.25) is 0 Å². The molecular weight excluding hydrogens is 219 g/mol. The van der Waals surface area contributed by atoms with Crippen LogP contribution in [0.5, 0.6) is 0 Å². The van der Waals surface area contributed by atoms with Gasteiger partial charge in [-0.2, -0.15) is 0 Å². The third-order valence-electron chi connectivity index (χ3n) is 3.29. The van der Waals surface area contributed by atoms with Crippen molar-refractivity contribution in [2.75, 3.05) is 6.54 Å². The molecule has 3 N–H and O–H groups in total. The van der Waals surface area contributed by atoms with E-state index in [1.807, 2.05) is 6.07 Å². The SMILES string of the molecule is NC1(C(=O)NCCc2cccc(F)c2)CCC1. The van der Waals surface area contributed by atoms with Gasteiger partial charge in [0.15, 0.2) is 0 Å². The van der Waals surface area contributed by atoms with Gasteiger partial charge >= 0.3 is 0 Å². The van der Waals surface area contributed by atoms with E-state index in [-0.39, 0.29) is 11.7 Å². The third kappa shape index (κ3) is 2.82. The van der Waals surface area contributed by atoms with Crippen LogP contribution < -0.4 is 11.1 Å². The zero-order chi connectivity index (χ0) is 12.3. The molecule has 0 radical (unpaired) electrons. The highest BCUT2D eigenvalue weighted by Gasteiger charge is 2.39. The zero-order valence-electron chi connectivity index (χ0n) is 9.71. The monoisotopic (exact) mass is 236 g/mol. The van der Waals surface area contributed by atoms with Crippen molar-refractivity contribution in [2.24, 2.45) is 5.73 Å². The number of carbonyl (C=O) groups excluding carboxylic acids is 1. The summed E-state index contributed by atoms with van der Waals surface area (Å²) in [5.41, 5.74) is 6.11. The highest BCUT2D eigenvalue weighted by Crippen LogP contribution is 2.28. The Kier molecular flexibility index (Phi) is 3.43. The van der Waals surface area contributed by atoms with E-state index in [0.717, 1.165) is 24.8 Å². The van der Waals surface area contributed by atoms with Crippen LogP contribution in [-0.4, -0.2) is 18.0 Å². The summed E-state index contributed by atoms with van der Waals surface area (Å²) in [6, 6.07) is 6.40. The minimum atomic E-state index is -0.651. The van der Waals surface area contributed by atoms with Crippen LogP contribution in [0.15, 0.2) is 24.3 Å². The Bertz CT molecular complexity index is 416. The maximum Gasteiger partial charge on any atom is 0.240 e. The normalized spacial score (nSPS) is 17.3. The Balaban J connectivity index is 1.78. The maximum absolute atomic E-state index is 12.9. The summed E-state index contributed by atoms with van der Waals surface area (Å²) >= 11 is 0. The van der Waals surface area contributed by atoms with E-state index >= 15 is 0 Å². The van der Waals surface area contributed by atoms with Gasteiger partial charge in [-0.3, -0.25) is 4.79 Å². The van der Waals surface area contributed by atoms with Crippen LogP contribution in [0.3, 0.4) is 0 Å². The van der Waals surface area contributed by atoms with Crippen LogP contribution in [0, 0.1) is 5.82 Å². The van der Waals surface area contributed by atoms with E-state index in [1.165, 1.54) is 12.1 Å². The number of amides is 1. The first-order valence-corrected chi connectivity index (χ1v) is 5.92. The molecule has 17 heavy (non-hydrogen) atoms. The molecule has 0 atom stereocenters. The first kappa shape index (κ1) is 12.0. The fourth-order valence-electron chi connectivity index (χ4n) is 1.97. The molecule has 0 saturated heterocycles. The molecular formula is C13H17FN2O.